The van der Waals surface area contributed by atoms with Crippen LogP contribution in [0, 0.1) is 5.82 Å². The number of ether oxygens (including phenoxy) is 2. The Balaban J connectivity index is 1.99. The van der Waals surface area contributed by atoms with Gasteiger partial charge in [0.05, 0.1) is 19.3 Å². The summed E-state index contributed by atoms with van der Waals surface area (Å²) in [5.74, 6) is 0.490. The molecule has 1 aliphatic rings. The van der Waals surface area contributed by atoms with Crippen molar-refractivity contribution >= 4 is 0 Å². The van der Waals surface area contributed by atoms with Crippen molar-refractivity contribution < 1.29 is 13.9 Å². The minimum absolute atomic E-state index is 0.150. The van der Waals surface area contributed by atoms with Gasteiger partial charge in [-0.05, 0) is 49.6 Å². The molecule has 1 aliphatic heterocycles. The Labute approximate surface area is 107 Å². The molecule has 2 atom stereocenters. The van der Waals surface area contributed by atoms with E-state index < -0.39 is 0 Å². The molecule has 2 N–H and O–H groups in total. The summed E-state index contributed by atoms with van der Waals surface area (Å²) in [5.41, 5.74) is 6.39. The maximum atomic E-state index is 13.2. The monoisotopic (exact) mass is 253 g/mol. The second kappa shape index (κ2) is 6.16. The Kier molecular flexibility index (Phi) is 4.55. The molecule has 3 nitrogen and oxygen atoms in total. The standard InChI is InChI=1S/C14H20FNO2/c1-17-14-5-2-11(15)8-10(14)9-13-4-3-12(18-13)6-7-16/h2,5,8,12-13H,3-4,6-7,9,16H2,1H3/t12-,13-/m1/s1. The van der Waals surface area contributed by atoms with E-state index in [0.29, 0.717) is 13.0 Å². The lowest BCUT2D eigenvalue weighted by Gasteiger charge is -2.15. The second-order valence-corrected chi connectivity index (χ2v) is 4.70. The third-order valence-electron chi connectivity index (χ3n) is 3.37. The van der Waals surface area contributed by atoms with Crippen molar-refractivity contribution in [3.05, 3.63) is 29.6 Å². The van der Waals surface area contributed by atoms with Crippen molar-refractivity contribution in [2.45, 2.75) is 37.9 Å². The quantitative estimate of drug-likeness (QED) is 0.875. The van der Waals surface area contributed by atoms with Crippen molar-refractivity contribution in [2.24, 2.45) is 5.73 Å². The zero-order valence-corrected chi connectivity index (χ0v) is 10.7. The molecule has 1 fully saturated rings. The van der Waals surface area contributed by atoms with Crippen LogP contribution in [-0.4, -0.2) is 25.9 Å². The van der Waals surface area contributed by atoms with Crippen LogP contribution in [0.1, 0.15) is 24.8 Å². The van der Waals surface area contributed by atoms with Gasteiger partial charge in [0.25, 0.3) is 0 Å². The summed E-state index contributed by atoms with van der Waals surface area (Å²) < 4.78 is 24.4. The van der Waals surface area contributed by atoms with E-state index in [0.717, 1.165) is 30.6 Å². The van der Waals surface area contributed by atoms with Crippen molar-refractivity contribution in [2.75, 3.05) is 13.7 Å². The average molecular weight is 253 g/mol. The number of halogens is 1. The van der Waals surface area contributed by atoms with Crippen LogP contribution in [0.15, 0.2) is 18.2 Å². The highest BCUT2D eigenvalue weighted by atomic mass is 19.1. The number of rotatable bonds is 5. The molecule has 2 rings (SSSR count). The molecule has 1 aromatic rings. The van der Waals surface area contributed by atoms with Gasteiger partial charge in [-0.25, -0.2) is 4.39 Å². The first kappa shape index (κ1) is 13.3. The van der Waals surface area contributed by atoms with Gasteiger partial charge in [-0.3, -0.25) is 0 Å². The molecule has 0 amide bonds. The first-order valence-electron chi connectivity index (χ1n) is 6.41. The average Bonchev–Trinajstić information content (AvgIpc) is 2.77. The Morgan fingerprint density at radius 2 is 2.17 bits per heavy atom. The fourth-order valence-electron chi connectivity index (χ4n) is 2.48. The highest BCUT2D eigenvalue weighted by Crippen LogP contribution is 2.28. The van der Waals surface area contributed by atoms with Gasteiger partial charge in [-0.1, -0.05) is 0 Å². The minimum Gasteiger partial charge on any atom is -0.496 e. The lowest BCUT2D eigenvalue weighted by Crippen LogP contribution is -2.17. The van der Waals surface area contributed by atoms with E-state index in [4.69, 9.17) is 15.2 Å². The number of nitrogens with two attached hydrogens (primary N) is 1. The molecular formula is C14H20FNO2. The van der Waals surface area contributed by atoms with Crippen LogP contribution in [0.2, 0.25) is 0 Å². The SMILES string of the molecule is COc1ccc(F)cc1C[C@H]1CC[C@H](CCN)O1. The van der Waals surface area contributed by atoms with Crippen molar-refractivity contribution in [3.8, 4) is 5.75 Å². The maximum absolute atomic E-state index is 13.2. The molecule has 0 unspecified atom stereocenters. The topological polar surface area (TPSA) is 44.5 Å². The first-order valence-corrected chi connectivity index (χ1v) is 6.41. The molecule has 0 saturated carbocycles. The van der Waals surface area contributed by atoms with Crippen molar-refractivity contribution in [3.63, 3.8) is 0 Å². The fourth-order valence-corrected chi connectivity index (χ4v) is 2.48. The highest BCUT2D eigenvalue weighted by Gasteiger charge is 2.25. The Hall–Kier alpha value is -1.13. The Bertz CT molecular complexity index is 397. The Morgan fingerprint density at radius 1 is 1.39 bits per heavy atom. The van der Waals surface area contributed by atoms with Gasteiger partial charge in [0.1, 0.15) is 11.6 Å². The lowest BCUT2D eigenvalue weighted by molar-refractivity contribution is 0.0422. The van der Waals surface area contributed by atoms with Crippen LogP contribution >= 0.6 is 0 Å². The number of methoxy groups -OCH3 is 1. The molecule has 0 aromatic heterocycles. The fraction of sp³-hybridized carbons (Fsp3) is 0.571. The van der Waals surface area contributed by atoms with E-state index in [1.54, 1.807) is 13.2 Å². The molecule has 0 radical (unpaired) electrons. The van der Waals surface area contributed by atoms with Gasteiger partial charge < -0.3 is 15.2 Å². The lowest BCUT2D eigenvalue weighted by atomic mass is 10.0. The smallest absolute Gasteiger partial charge is 0.123 e. The van der Waals surface area contributed by atoms with E-state index in [9.17, 15) is 4.39 Å². The van der Waals surface area contributed by atoms with Gasteiger partial charge in [0.15, 0.2) is 0 Å². The molecule has 1 heterocycles. The molecule has 1 aromatic carbocycles. The van der Waals surface area contributed by atoms with Crippen LogP contribution in [0.3, 0.4) is 0 Å². The van der Waals surface area contributed by atoms with Gasteiger partial charge in [-0.2, -0.15) is 0 Å². The predicted octanol–water partition coefficient (Wildman–Crippen LogP) is 2.27. The van der Waals surface area contributed by atoms with E-state index in [1.165, 1.54) is 12.1 Å². The predicted molar refractivity (Wildman–Crippen MR) is 68.2 cm³/mol. The van der Waals surface area contributed by atoms with Crippen LogP contribution in [0.25, 0.3) is 0 Å². The van der Waals surface area contributed by atoms with Crippen molar-refractivity contribution in [1.29, 1.82) is 0 Å². The summed E-state index contributed by atoms with van der Waals surface area (Å²) in [4.78, 5) is 0. The van der Waals surface area contributed by atoms with Crippen molar-refractivity contribution in [1.82, 2.24) is 0 Å². The number of benzene rings is 1. The van der Waals surface area contributed by atoms with E-state index >= 15 is 0 Å². The Morgan fingerprint density at radius 3 is 2.89 bits per heavy atom. The summed E-state index contributed by atoms with van der Waals surface area (Å²) in [6.07, 6.45) is 4.06. The third-order valence-corrected chi connectivity index (χ3v) is 3.37. The molecule has 1 saturated heterocycles. The third kappa shape index (κ3) is 3.21. The summed E-state index contributed by atoms with van der Waals surface area (Å²) in [6.45, 7) is 0.653. The largest absolute Gasteiger partial charge is 0.496 e. The summed E-state index contributed by atoms with van der Waals surface area (Å²) in [7, 11) is 1.60. The van der Waals surface area contributed by atoms with E-state index in [-0.39, 0.29) is 18.0 Å². The molecule has 0 bridgehead atoms. The highest BCUT2D eigenvalue weighted by molar-refractivity contribution is 5.34. The molecule has 100 valence electrons. The molecule has 18 heavy (non-hydrogen) atoms. The van der Waals surface area contributed by atoms with E-state index in [1.807, 2.05) is 0 Å². The number of hydrogen-bond donors (Lipinski definition) is 1. The zero-order chi connectivity index (χ0) is 13.0. The second-order valence-electron chi connectivity index (χ2n) is 4.70. The summed E-state index contributed by atoms with van der Waals surface area (Å²) >= 11 is 0. The molecule has 0 spiro atoms. The van der Waals surface area contributed by atoms with Gasteiger partial charge in [0, 0.05) is 6.42 Å². The van der Waals surface area contributed by atoms with Gasteiger partial charge in [0.2, 0.25) is 0 Å². The van der Waals surface area contributed by atoms with Crippen LogP contribution < -0.4 is 10.5 Å². The van der Waals surface area contributed by atoms with E-state index in [2.05, 4.69) is 0 Å². The first-order chi connectivity index (χ1) is 8.72. The maximum Gasteiger partial charge on any atom is 0.123 e. The van der Waals surface area contributed by atoms with Gasteiger partial charge >= 0.3 is 0 Å². The minimum atomic E-state index is -0.234. The number of hydrogen-bond acceptors (Lipinski definition) is 3. The molecular weight excluding hydrogens is 233 g/mol. The van der Waals surface area contributed by atoms with Crippen LogP contribution in [-0.2, 0) is 11.2 Å². The zero-order valence-electron chi connectivity index (χ0n) is 10.7. The van der Waals surface area contributed by atoms with Crippen LogP contribution in [0.4, 0.5) is 4.39 Å². The molecule has 0 aliphatic carbocycles. The van der Waals surface area contributed by atoms with Crippen LogP contribution in [0.5, 0.6) is 5.75 Å². The summed E-state index contributed by atoms with van der Waals surface area (Å²) in [6, 6.07) is 4.60. The normalized spacial score (nSPS) is 23.3. The molecule has 4 heteroatoms. The summed E-state index contributed by atoms with van der Waals surface area (Å²) in [5, 5.41) is 0. The van der Waals surface area contributed by atoms with Gasteiger partial charge in [-0.15, -0.1) is 0 Å².